The first-order valence-corrected chi connectivity index (χ1v) is 7.44. The van der Waals surface area contributed by atoms with E-state index in [2.05, 4.69) is 10.3 Å². The number of benzene rings is 2. The zero-order valence-corrected chi connectivity index (χ0v) is 12.4. The maximum Gasteiger partial charge on any atom is 0.251 e. The Labute approximate surface area is 126 Å². The van der Waals surface area contributed by atoms with Crippen LogP contribution in [0, 0.1) is 6.92 Å². The first-order valence-electron chi connectivity index (χ1n) is 6.62. The first-order chi connectivity index (χ1) is 10.1. The summed E-state index contributed by atoms with van der Waals surface area (Å²) in [6.45, 7) is 2.34. The molecule has 0 fully saturated rings. The normalized spacial score (nSPS) is 10.7. The average molecular weight is 297 g/mol. The number of anilines is 1. The van der Waals surface area contributed by atoms with Gasteiger partial charge in [-0.1, -0.05) is 18.2 Å². The first kappa shape index (κ1) is 13.6. The lowest BCUT2D eigenvalue weighted by molar-refractivity contribution is 0.0951. The number of aromatic nitrogens is 1. The van der Waals surface area contributed by atoms with Crippen molar-refractivity contribution in [1.82, 2.24) is 10.3 Å². The van der Waals surface area contributed by atoms with Crippen molar-refractivity contribution in [2.24, 2.45) is 0 Å². The molecule has 4 nitrogen and oxygen atoms in total. The zero-order valence-electron chi connectivity index (χ0n) is 11.6. The number of nitrogens with zero attached hydrogens (tertiary/aromatic N) is 1. The molecular weight excluding hydrogens is 282 g/mol. The van der Waals surface area contributed by atoms with Crippen molar-refractivity contribution >= 4 is 33.1 Å². The average Bonchev–Trinajstić information content (AvgIpc) is 2.90. The van der Waals surface area contributed by atoms with Gasteiger partial charge in [0.25, 0.3) is 5.91 Å². The van der Waals surface area contributed by atoms with Gasteiger partial charge in [0.2, 0.25) is 0 Å². The van der Waals surface area contributed by atoms with Crippen LogP contribution in [0.5, 0.6) is 0 Å². The summed E-state index contributed by atoms with van der Waals surface area (Å²) >= 11 is 1.59. The van der Waals surface area contributed by atoms with Crippen molar-refractivity contribution in [2.75, 3.05) is 5.73 Å². The predicted molar refractivity (Wildman–Crippen MR) is 86.4 cm³/mol. The van der Waals surface area contributed by atoms with Crippen LogP contribution in [-0.4, -0.2) is 10.9 Å². The number of nitrogens with one attached hydrogen (secondary N) is 1. The Morgan fingerprint density at radius 1 is 1.29 bits per heavy atom. The standard InChI is InChI=1S/C16H15N3OS/c1-10-6-7-11(8-12(10)17)16(20)18-9-15-19-13-4-2-3-5-14(13)21-15/h2-8H,9,17H2,1H3,(H,18,20). The molecule has 0 saturated carbocycles. The highest BCUT2D eigenvalue weighted by atomic mass is 32.1. The molecule has 0 aliphatic carbocycles. The Morgan fingerprint density at radius 2 is 2.10 bits per heavy atom. The van der Waals surface area contributed by atoms with E-state index >= 15 is 0 Å². The number of thiazole rings is 1. The third-order valence-electron chi connectivity index (χ3n) is 3.28. The molecule has 0 atom stereocenters. The Morgan fingerprint density at radius 3 is 2.86 bits per heavy atom. The molecule has 0 saturated heterocycles. The monoisotopic (exact) mass is 297 g/mol. The van der Waals surface area contributed by atoms with Gasteiger partial charge in [-0.05, 0) is 36.8 Å². The molecule has 3 aromatic rings. The fraction of sp³-hybridized carbons (Fsp3) is 0.125. The third-order valence-corrected chi connectivity index (χ3v) is 4.32. The van der Waals surface area contributed by atoms with E-state index in [1.807, 2.05) is 37.3 Å². The molecule has 3 rings (SSSR count). The highest BCUT2D eigenvalue weighted by Crippen LogP contribution is 2.21. The number of carbonyl (C=O) groups excluding carboxylic acids is 1. The second kappa shape index (κ2) is 5.54. The van der Waals surface area contributed by atoms with E-state index in [9.17, 15) is 4.79 Å². The molecule has 106 valence electrons. The lowest BCUT2D eigenvalue weighted by Gasteiger charge is -2.05. The number of nitrogen functional groups attached to an aromatic ring is 1. The van der Waals surface area contributed by atoms with E-state index in [4.69, 9.17) is 5.73 Å². The molecule has 0 aliphatic heterocycles. The molecule has 0 aliphatic rings. The number of hydrogen-bond acceptors (Lipinski definition) is 4. The Bertz CT molecular complexity index is 777. The third kappa shape index (κ3) is 2.87. The maximum atomic E-state index is 12.1. The topological polar surface area (TPSA) is 68.0 Å². The van der Waals surface area contributed by atoms with E-state index in [0.29, 0.717) is 17.8 Å². The second-order valence-electron chi connectivity index (χ2n) is 4.83. The van der Waals surface area contributed by atoms with Gasteiger partial charge in [0.1, 0.15) is 5.01 Å². The summed E-state index contributed by atoms with van der Waals surface area (Å²) in [6.07, 6.45) is 0. The molecule has 1 amide bonds. The summed E-state index contributed by atoms with van der Waals surface area (Å²) in [5.41, 5.74) is 8.96. The van der Waals surface area contributed by atoms with Crippen LogP contribution in [0.1, 0.15) is 20.9 Å². The number of aryl methyl sites for hydroxylation is 1. The Kier molecular flexibility index (Phi) is 3.58. The summed E-state index contributed by atoms with van der Waals surface area (Å²) in [5.74, 6) is -0.138. The summed E-state index contributed by atoms with van der Waals surface area (Å²) in [6, 6.07) is 13.3. The molecule has 0 unspecified atom stereocenters. The molecule has 0 bridgehead atoms. The van der Waals surface area contributed by atoms with E-state index in [-0.39, 0.29) is 5.91 Å². The Balaban J connectivity index is 1.71. The van der Waals surface area contributed by atoms with Crippen LogP contribution < -0.4 is 11.1 Å². The number of rotatable bonds is 3. The largest absolute Gasteiger partial charge is 0.398 e. The summed E-state index contributed by atoms with van der Waals surface area (Å²) in [5, 5.41) is 3.77. The van der Waals surface area contributed by atoms with Crippen LogP contribution in [0.4, 0.5) is 5.69 Å². The van der Waals surface area contributed by atoms with Crippen molar-refractivity contribution < 1.29 is 4.79 Å². The highest BCUT2D eigenvalue weighted by molar-refractivity contribution is 7.18. The van der Waals surface area contributed by atoms with E-state index in [1.54, 1.807) is 23.5 Å². The molecule has 5 heteroatoms. The molecule has 1 aromatic heterocycles. The van der Waals surface area contributed by atoms with Gasteiger partial charge in [0.15, 0.2) is 0 Å². The lowest BCUT2D eigenvalue weighted by Crippen LogP contribution is -2.22. The van der Waals surface area contributed by atoms with Crippen LogP contribution in [0.25, 0.3) is 10.2 Å². The highest BCUT2D eigenvalue weighted by Gasteiger charge is 2.08. The fourth-order valence-electron chi connectivity index (χ4n) is 2.04. The van der Waals surface area contributed by atoms with Crippen molar-refractivity contribution in [3.63, 3.8) is 0 Å². The van der Waals surface area contributed by atoms with Crippen molar-refractivity contribution in [2.45, 2.75) is 13.5 Å². The summed E-state index contributed by atoms with van der Waals surface area (Å²) < 4.78 is 1.13. The van der Waals surface area contributed by atoms with Crippen molar-refractivity contribution in [1.29, 1.82) is 0 Å². The second-order valence-corrected chi connectivity index (χ2v) is 5.94. The van der Waals surface area contributed by atoms with Crippen molar-refractivity contribution in [3.8, 4) is 0 Å². The SMILES string of the molecule is Cc1ccc(C(=O)NCc2nc3ccccc3s2)cc1N. The minimum Gasteiger partial charge on any atom is -0.398 e. The number of carbonyl (C=O) groups is 1. The molecule has 3 N–H and O–H groups in total. The van der Waals surface area contributed by atoms with E-state index in [1.165, 1.54) is 0 Å². The fourth-order valence-corrected chi connectivity index (χ4v) is 2.94. The van der Waals surface area contributed by atoms with Gasteiger partial charge in [-0.25, -0.2) is 4.98 Å². The molecule has 1 heterocycles. The quantitative estimate of drug-likeness (QED) is 0.730. The molecular formula is C16H15N3OS. The van der Waals surface area contributed by atoms with Crippen LogP contribution in [0.15, 0.2) is 42.5 Å². The molecule has 2 aromatic carbocycles. The minimum absolute atomic E-state index is 0.138. The van der Waals surface area contributed by atoms with Gasteiger partial charge in [0, 0.05) is 11.3 Å². The van der Waals surface area contributed by atoms with Crippen molar-refractivity contribution in [3.05, 3.63) is 58.6 Å². The van der Waals surface area contributed by atoms with E-state index in [0.717, 1.165) is 20.8 Å². The number of fused-ring (bicyclic) bond motifs is 1. The smallest absolute Gasteiger partial charge is 0.251 e. The number of para-hydroxylation sites is 1. The Hall–Kier alpha value is -2.40. The predicted octanol–water partition coefficient (Wildman–Crippen LogP) is 3.12. The van der Waals surface area contributed by atoms with Crippen LogP contribution in [-0.2, 0) is 6.54 Å². The van der Waals surface area contributed by atoms with Gasteiger partial charge in [-0.3, -0.25) is 4.79 Å². The van der Waals surface area contributed by atoms with Gasteiger partial charge in [-0.2, -0.15) is 0 Å². The summed E-state index contributed by atoms with van der Waals surface area (Å²) in [7, 11) is 0. The molecule has 0 radical (unpaired) electrons. The number of nitrogens with two attached hydrogens (primary N) is 1. The molecule has 21 heavy (non-hydrogen) atoms. The zero-order chi connectivity index (χ0) is 14.8. The maximum absolute atomic E-state index is 12.1. The van der Waals surface area contributed by atoms with Gasteiger partial charge in [0.05, 0.1) is 16.8 Å². The number of amides is 1. The lowest BCUT2D eigenvalue weighted by atomic mass is 10.1. The number of hydrogen-bond donors (Lipinski definition) is 2. The molecule has 0 spiro atoms. The van der Waals surface area contributed by atoms with Gasteiger partial charge < -0.3 is 11.1 Å². The van der Waals surface area contributed by atoms with Gasteiger partial charge in [-0.15, -0.1) is 11.3 Å². The van der Waals surface area contributed by atoms with Crippen LogP contribution in [0.2, 0.25) is 0 Å². The van der Waals surface area contributed by atoms with Crippen LogP contribution in [0.3, 0.4) is 0 Å². The van der Waals surface area contributed by atoms with Crippen LogP contribution >= 0.6 is 11.3 Å². The minimum atomic E-state index is -0.138. The van der Waals surface area contributed by atoms with E-state index < -0.39 is 0 Å². The van der Waals surface area contributed by atoms with Gasteiger partial charge >= 0.3 is 0 Å². The summed E-state index contributed by atoms with van der Waals surface area (Å²) in [4.78, 5) is 16.6.